The molecule has 0 aromatic heterocycles. The number of carbonyl (C=O) groups excluding carboxylic acids is 2. The quantitative estimate of drug-likeness (QED) is 0.306. The third-order valence-electron chi connectivity index (χ3n) is 7.57. The van der Waals surface area contributed by atoms with Crippen LogP contribution in [0.2, 0.25) is 5.02 Å². The van der Waals surface area contributed by atoms with Gasteiger partial charge in [0.1, 0.15) is 12.6 Å². The Hall–Kier alpha value is -3.36. The summed E-state index contributed by atoms with van der Waals surface area (Å²) in [5.41, 5.74) is 2.25. The second kappa shape index (κ2) is 14.0. The van der Waals surface area contributed by atoms with Gasteiger partial charge in [0, 0.05) is 17.6 Å². The molecule has 7 nitrogen and oxygen atoms in total. The van der Waals surface area contributed by atoms with E-state index in [1.165, 1.54) is 35.6 Å². The molecule has 4 rings (SSSR count). The van der Waals surface area contributed by atoms with Crippen molar-refractivity contribution in [1.29, 1.82) is 0 Å². The van der Waals surface area contributed by atoms with Crippen LogP contribution in [0.25, 0.3) is 0 Å². The van der Waals surface area contributed by atoms with E-state index < -0.39 is 28.5 Å². The number of halogens is 1. The Balaban J connectivity index is 1.63. The van der Waals surface area contributed by atoms with Gasteiger partial charge in [-0.15, -0.1) is 0 Å². The standard InChI is InChI=1S/C32H38ClN3O4S/c1-24-10-9-15-29(22-24)36(41(39,40)30-18-16-27(33)17-19-30)23-31(37)35(21-20-26-11-5-3-6-12-26)25(2)32(38)34-28-13-7-4-8-14-28/h3,5-6,9-12,15-19,22,25,28H,4,7-8,13-14,20-21,23H2,1-2H3,(H,34,38)/t25-/m0/s1. The summed E-state index contributed by atoms with van der Waals surface area (Å²) >= 11 is 6.02. The minimum absolute atomic E-state index is 0.0233. The molecule has 2 amide bonds. The van der Waals surface area contributed by atoms with Crippen molar-refractivity contribution in [3.63, 3.8) is 0 Å². The van der Waals surface area contributed by atoms with Crippen LogP contribution in [0.15, 0.2) is 83.8 Å². The van der Waals surface area contributed by atoms with Gasteiger partial charge in [0.15, 0.2) is 0 Å². The molecule has 0 radical (unpaired) electrons. The highest BCUT2D eigenvalue weighted by Crippen LogP contribution is 2.26. The zero-order valence-corrected chi connectivity index (χ0v) is 25.2. The Morgan fingerprint density at radius 3 is 2.29 bits per heavy atom. The van der Waals surface area contributed by atoms with Gasteiger partial charge in [-0.1, -0.05) is 73.3 Å². The van der Waals surface area contributed by atoms with Crippen molar-refractivity contribution >= 4 is 39.1 Å². The molecule has 0 bridgehead atoms. The highest BCUT2D eigenvalue weighted by atomic mass is 35.5. The number of rotatable bonds is 11. The molecular formula is C32H38ClN3O4S. The van der Waals surface area contributed by atoms with Gasteiger partial charge in [-0.3, -0.25) is 13.9 Å². The van der Waals surface area contributed by atoms with Crippen LogP contribution in [0.4, 0.5) is 5.69 Å². The first kappa shape index (κ1) is 30.6. The normalized spacial score (nSPS) is 14.7. The molecule has 3 aromatic carbocycles. The van der Waals surface area contributed by atoms with Crippen LogP contribution in [0.3, 0.4) is 0 Å². The lowest BCUT2D eigenvalue weighted by molar-refractivity contribution is -0.139. The molecule has 1 aliphatic rings. The number of hydrogen-bond acceptors (Lipinski definition) is 4. The molecule has 9 heteroatoms. The van der Waals surface area contributed by atoms with Crippen LogP contribution in [-0.2, 0) is 26.0 Å². The van der Waals surface area contributed by atoms with E-state index in [4.69, 9.17) is 11.6 Å². The number of nitrogens with one attached hydrogen (secondary N) is 1. The van der Waals surface area contributed by atoms with Crippen molar-refractivity contribution in [2.24, 2.45) is 0 Å². The van der Waals surface area contributed by atoms with E-state index in [-0.39, 0.29) is 23.4 Å². The molecule has 0 unspecified atom stereocenters. The van der Waals surface area contributed by atoms with Crippen molar-refractivity contribution < 1.29 is 18.0 Å². The van der Waals surface area contributed by atoms with Gasteiger partial charge in [0.2, 0.25) is 11.8 Å². The van der Waals surface area contributed by atoms with Gasteiger partial charge >= 0.3 is 0 Å². The van der Waals surface area contributed by atoms with Crippen LogP contribution in [-0.4, -0.2) is 50.3 Å². The molecule has 3 aromatic rings. The smallest absolute Gasteiger partial charge is 0.264 e. The van der Waals surface area contributed by atoms with Crippen molar-refractivity contribution in [1.82, 2.24) is 10.2 Å². The highest BCUT2D eigenvalue weighted by Gasteiger charge is 2.33. The zero-order valence-electron chi connectivity index (χ0n) is 23.6. The second-order valence-electron chi connectivity index (χ2n) is 10.6. The molecule has 0 spiro atoms. The Labute approximate surface area is 248 Å². The molecule has 1 N–H and O–H groups in total. The van der Waals surface area contributed by atoms with Crippen molar-refractivity contribution in [3.05, 3.63) is 95.0 Å². The molecule has 1 saturated carbocycles. The minimum atomic E-state index is -4.13. The minimum Gasteiger partial charge on any atom is -0.352 e. The average molecular weight is 596 g/mol. The fraction of sp³-hybridized carbons (Fsp3) is 0.375. The Bertz CT molecular complexity index is 1420. The molecule has 0 aliphatic heterocycles. The molecule has 41 heavy (non-hydrogen) atoms. The predicted molar refractivity (Wildman–Crippen MR) is 163 cm³/mol. The summed E-state index contributed by atoms with van der Waals surface area (Å²) in [6.07, 6.45) is 5.70. The van der Waals surface area contributed by atoms with E-state index in [0.717, 1.165) is 41.1 Å². The van der Waals surface area contributed by atoms with Crippen molar-refractivity contribution in [2.45, 2.75) is 69.4 Å². The monoisotopic (exact) mass is 595 g/mol. The number of nitrogens with zero attached hydrogens (tertiary/aromatic N) is 2. The predicted octanol–water partition coefficient (Wildman–Crippen LogP) is 5.75. The first-order chi connectivity index (χ1) is 19.6. The summed E-state index contributed by atoms with van der Waals surface area (Å²) in [7, 11) is -4.13. The number of amides is 2. The lowest BCUT2D eigenvalue weighted by atomic mass is 9.95. The number of aryl methyl sites for hydroxylation is 1. The summed E-state index contributed by atoms with van der Waals surface area (Å²) in [5.74, 6) is -0.674. The molecule has 1 aliphatic carbocycles. The second-order valence-corrected chi connectivity index (χ2v) is 12.9. The molecule has 1 atom stereocenters. The van der Waals surface area contributed by atoms with Gasteiger partial charge in [-0.05, 0) is 80.6 Å². The topological polar surface area (TPSA) is 86.8 Å². The summed E-state index contributed by atoms with van der Waals surface area (Å²) in [5, 5.41) is 3.54. The van der Waals surface area contributed by atoms with Crippen molar-refractivity contribution in [3.8, 4) is 0 Å². The van der Waals surface area contributed by atoms with Crippen LogP contribution in [0.1, 0.15) is 50.2 Å². The Morgan fingerprint density at radius 2 is 1.63 bits per heavy atom. The molecule has 1 fully saturated rings. The Kier molecular flexibility index (Phi) is 10.5. The largest absolute Gasteiger partial charge is 0.352 e. The van der Waals surface area contributed by atoms with E-state index >= 15 is 0 Å². The van der Waals surface area contributed by atoms with Crippen molar-refractivity contribution in [2.75, 3.05) is 17.4 Å². The van der Waals surface area contributed by atoms with Crippen LogP contribution >= 0.6 is 11.6 Å². The van der Waals surface area contributed by atoms with Gasteiger partial charge in [0.05, 0.1) is 10.6 Å². The first-order valence-corrected chi connectivity index (χ1v) is 16.0. The maximum absolute atomic E-state index is 14.0. The fourth-order valence-electron chi connectivity index (χ4n) is 5.18. The van der Waals surface area contributed by atoms with Crippen LogP contribution in [0, 0.1) is 6.92 Å². The fourth-order valence-corrected chi connectivity index (χ4v) is 6.72. The van der Waals surface area contributed by atoms with Gasteiger partial charge in [0.25, 0.3) is 10.0 Å². The number of anilines is 1. The van der Waals surface area contributed by atoms with E-state index in [0.29, 0.717) is 17.1 Å². The number of hydrogen-bond donors (Lipinski definition) is 1. The van der Waals surface area contributed by atoms with Gasteiger partial charge in [-0.2, -0.15) is 0 Å². The summed E-state index contributed by atoms with van der Waals surface area (Å²) < 4.78 is 28.9. The summed E-state index contributed by atoms with van der Waals surface area (Å²) in [4.78, 5) is 28.9. The van der Waals surface area contributed by atoms with Gasteiger partial charge in [-0.25, -0.2) is 8.42 Å². The third-order valence-corrected chi connectivity index (χ3v) is 9.61. The lowest BCUT2D eigenvalue weighted by Gasteiger charge is -2.33. The molecule has 0 heterocycles. The maximum Gasteiger partial charge on any atom is 0.264 e. The summed E-state index contributed by atoms with van der Waals surface area (Å²) in [6, 6.07) is 21.9. The third kappa shape index (κ3) is 8.11. The zero-order chi connectivity index (χ0) is 29.4. The van der Waals surface area contributed by atoms with E-state index in [2.05, 4.69) is 5.32 Å². The molecule has 218 valence electrons. The van der Waals surface area contributed by atoms with E-state index in [1.807, 2.05) is 43.3 Å². The van der Waals surface area contributed by atoms with E-state index in [9.17, 15) is 18.0 Å². The lowest BCUT2D eigenvalue weighted by Crippen LogP contribution is -2.53. The number of benzene rings is 3. The number of sulfonamides is 1. The average Bonchev–Trinajstić information content (AvgIpc) is 2.97. The van der Waals surface area contributed by atoms with Crippen LogP contribution in [0.5, 0.6) is 0 Å². The SMILES string of the molecule is Cc1cccc(N(CC(=O)N(CCc2ccccc2)[C@@H](C)C(=O)NC2CCCCC2)S(=O)(=O)c2ccc(Cl)cc2)c1. The number of carbonyl (C=O) groups is 2. The molecular weight excluding hydrogens is 558 g/mol. The first-order valence-electron chi connectivity index (χ1n) is 14.1. The summed E-state index contributed by atoms with van der Waals surface area (Å²) in [6.45, 7) is 3.39. The molecule has 0 saturated heterocycles. The highest BCUT2D eigenvalue weighted by molar-refractivity contribution is 7.92. The maximum atomic E-state index is 14.0. The van der Waals surface area contributed by atoms with E-state index in [1.54, 1.807) is 25.1 Å². The van der Waals surface area contributed by atoms with Gasteiger partial charge < -0.3 is 10.2 Å². The Morgan fingerprint density at radius 1 is 0.951 bits per heavy atom. The van der Waals surface area contributed by atoms with Crippen LogP contribution < -0.4 is 9.62 Å².